The van der Waals surface area contributed by atoms with E-state index in [9.17, 15) is 4.79 Å². The highest BCUT2D eigenvalue weighted by Crippen LogP contribution is 2.34. The van der Waals surface area contributed by atoms with E-state index in [0.29, 0.717) is 44.0 Å². The first-order valence-electron chi connectivity index (χ1n) is 8.96. The number of nitrogens with zero attached hydrogens (tertiary/aromatic N) is 2. The molecule has 0 aliphatic heterocycles. The zero-order chi connectivity index (χ0) is 19.8. The number of carbonyl (C=O) groups excluding carboxylic acids is 1. The number of carbonyl (C=O) groups is 1. The average molecular weight is 401 g/mol. The highest BCUT2D eigenvalue weighted by molar-refractivity contribution is 7.17. The number of thiazole rings is 1. The maximum absolute atomic E-state index is 13.1. The first-order chi connectivity index (χ1) is 14.2. The van der Waals surface area contributed by atoms with Crippen LogP contribution in [0.25, 0.3) is 33.1 Å². The number of oxazole rings is 1. The Kier molecular flexibility index (Phi) is 4.22. The molecule has 1 N–H and O–H groups in total. The molecule has 0 fully saturated rings. The fourth-order valence-electron chi connectivity index (χ4n) is 3.08. The Bertz CT molecular complexity index is 1300. The molecule has 0 aliphatic rings. The summed E-state index contributed by atoms with van der Waals surface area (Å²) in [7, 11) is 0. The summed E-state index contributed by atoms with van der Waals surface area (Å²) in [4.78, 5) is 22.6. The highest BCUT2D eigenvalue weighted by Gasteiger charge is 2.21. The van der Waals surface area contributed by atoms with Gasteiger partial charge in [0.15, 0.2) is 22.2 Å². The fourth-order valence-corrected chi connectivity index (χ4v) is 4.03. The van der Waals surface area contributed by atoms with Crippen LogP contribution in [-0.4, -0.2) is 15.9 Å². The Morgan fingerprint density at radius 2 is 1.90 bits per heavy atom. The summed E-state index contributed by atoms with van der Waals surface area (Å²) in [6.07, 6.45) is 1.59. The van der Waals surface area contributed by atoms with Gasteiger partial charge in [-0.2, -0.15) is 0 Å². The summed E-state index contributed by atoms with van der Waals surface area (Å²) in [6.45, 7) is 1.79. The normalized spacial score (nSPS) is 11.1. The zero-order valence-corrected chi connectivity index (χ0v) is 16.2. The molecule has 7 heteroatoms. The van der Waals surface area contributed by atoms with Crippen molar-refractivity contribution >= 4 is 34.0 Å². The predicted molar refractivity (Wildman–Crippen MR) is 112 cm³/mol. The van der Waals surface area contributed by atoms with Gasteiger partial charge in [-0.3, -0.25) is 4.79 Å². The third-order valence-electron chi connectivity index (χ3n) is 4.36. The van der Waals surface area contributed by atoms with Gasteiger partial charge in [0, 0.05) is 18.2 Å². The number of hydrogen-bond donors (Lipinski definition) is 1. The number of aromatic nitrogens is 2. The number of hydrogen-bond acceptors (Lipinski definition) is 6. The number of amides is 1. The third kappa shape index (κ3) is 3.32. The molecule has 0 spiro atoms. The molecule has 3 aromatic heterocycles. The topological polar surface area (TPSA) is 81.2 Å². The van der Waals surface area contributed by atoms with Crippen LogP contribution in [0.3, 0.4) is 0 Å². The van der Waals surface area contributed by atoms with Crippen molar-refractivity contribution in [2.75, 3.05) is 5.32 Å². The van der Waals surface area contributed by atoms with Crippen molar-refractivity contribution in [2.24, 2.45) is 0 Å². The lowest BCUT2D eigenvalue weighted by Gasteiger charge is -2.05. The van der Waals surface area contributed by atoms with Crippen molar-refractivity contribution in [3.63, 3.8) is 0 Å². The van der Waals surface area contributed by atoms with Gasteiger partial charge in [0.05, 0.1) is 12.0 Å². The highest BCUT2D eigenvalue weighted by atomic mass is 32.1. The van der Waals surface area contributed by atoms with Crippen molar-refractivity contribution in [3.8, 4) is 22.0 Å². The average Bonchev–Trinajstić information content (AvgIpc) is 3.46. The molecule has 3 heterocycles. The van der Waals surface area contributed by atoms with Gasteiger partial charge < -0.3 is 14.2 Å². The summed E-state index contributed by atoms with van der Waals surface area (Å²) < 4.78 is 11.0. The smallest absolute Gasteiger partial charge is 0.268 e. The number of nitrogens with one attached hydrogen (secondary N) is 1. The van der Waals surface area contributed by atoms with Crippen molar-refractivity contribution in [2.45, 2.75) is 6.92 Å². The van der Waals surface area contributed by atoms with Crippen molar-refractivity contribution < 1.29 is 13.6 Å². The number of furan rings is 1. The van der Waals surface area contributed by atoms with Crippen LogP contribution >= 0.6 is 11.3 Å². The molecule has 5 rings (SSSR count). The number of aryl methyl sites for hydroxylation is 1. The van der Waals surface area contributed by atoms with E-state index in [1.54, 1.807) is 37.5 Å². The first-order valence-corrected chi connectivity index (χ1v) is 9.78. The Hall–Kier alpha value is -3.71. The molecular weight excluding hydrogens is 386 g/mol. The van der Waals surface area contributed by atoms with Gasteiger partial charge in [0.25, 0.3) is 5.91 Å². The van der Waals surface area contributed by atoms with Crippen LogP contribution in [0.15, 0.2) is 75.8 Å². The predicted octanol–water partition coefficient (Wildman–Crippen LogP) is 5.77. The van der Waals surface area contributed by atoms with Gasteiger partial charge in [-0.15, -0.1) is 11.3 Å². The van der Waals surface area contributed by atoms with Crippen LogP contribution in [0.1, 0.15) is 15.6 Å². The number of anilines is 1. The van der Waals surface area contributed by atoms with Crippen LogP contribution in [0.4, 0.5) is 5.69 Å². The maximum Gasteiger partial charge on any atom is 0.268 e. The minimum Gasteiger partial charge on any atom is -0.462 e. The van der Waals surface area contributed by atoms with E-state index in [4.69, 9.17) is 8.83 Å². The molecule has 0 saturated heterocycles. The maximum atomic E-state index is 13.1. The molecule has 1 amide bonds. The van der Waals surface area contributed by atoms with Crippen molar-refractivity contribution in [3.05, 3.63) is 77.7 Å². The molecule has 0 aliphatic carbocycles. The quantitative estimate of drug-likeness (QED) is 0.413. The number of fused-ring (bicyclic) bond motifs is 1. The molecule has 0 saturated carbocycles. The first kappa shape index (κ1) is 17.4. The van der Waals surface area contributed by atoms with Gasteiger partial charge in [0.2, 0.25) is 0 Å². The number of rotatable bonds is 4. The minimum absolute atomic E-state index is 0.237. The van der Waals surface area contributed by atoms with Gasteiger partial charge in [0.1, 0.15) is 10.4 Å². The lowest BCUT2D eigenvalue weighted by molar-refractivity contribution is 0.103. The molecule has 142 valence electrons. The summed E-state index contributed by atoms with van der Waals surface area (Å²) >= 11 is 1.30. The SMILES string of the molecule is Cc1nc2cc(NC(=O)c3sc(-c4ccco4)nc3-c3ccccc3)ccc2o1. The summed E-state index contributed by atoms with van der Waals surface area (Å²) in [5.74, 6) is 0.977. The standard InChI is InChI=1S/C22H15N3O3S/c1-13-23-16-12-15(9-10-17(16)28-13)24-21(26)20-19(14-6-3-2-4-7-14)25-22(29-20)18-8-5-11-27-18/h2-12H,1H3,(H,24,26). The van der Waals surface area contributed by atoms with Crippen LogP contribution in [0.2, 0.25) is 0 Å². The van der Waals surface area contributed by atoms with Crippen LogP contribution in [-0.2, 0) is 0 Å². The molecule has 0 atom stereocenters. The third-order valence-corrected chi connectivity index (χ3v) is 5.43. The monoisotopic (exact) mass is 401 g/mol. The van der Waals surface area contributed by atoms with Gasteiger partial charge in [-0.1, -0.05) is 30.3 Å². The largest absolute Gasteiger partial charge is 0.462 e. The van der Waals surface area contributed by atoms with Crippen LogP contribution in [0.5, 0.6) is 0 Å². The molecular formula is C22H15N3O3S. The minimum atomic E-state index is -0.237. The second-order valence-corrected chi connectivity index (χ2v) is 7.41. The molecule has 6 nitrogen and oxygen atoms in total. The molecule has 29 heavy (non-hydrogen) atoms. The molecule has 0 bridgehead atoms. The van der Waals surface area contributed by atoms with Gasteiger partial charge in [-0.25, -0.2) is 9.97 Å². The summed E-state index contributed by atoms with van der Waals surface area (Å²) in [5.41, 5.74) is 3.52. The molecule has 5 aromatic rings. The van der Waals surface area contributed by atoms with Crippen LogP contribution < -0.4 is 5.32 Å². The van der Waals surface area contributed by atoms with E-state index in [2.05, 4.69) is 15.3 Å². The van der Waals surface area contributed by atoms with E-state index in [1.807, 2.05) is 36.4 Å². The van der Waals surface area contributed by atoms with Gasteiger partial charge in [-0.05, 0) is 30.3 Å². The van der Waals surface area contributed by atoms with E-state index in [-0.39, 0.29) is 5.91 Å². The Morgan fingerprint density at radius 1 is 1.03 bits per heavy atom. The second-order valence-electron chi connectivity index (χ2n) is 6.41. The van der Waals surface area contributed by atoms with E-state index in [0.717, 1.165) is 5.56 Å². The fraction of sp³-hybridized carbons (Fsp3) is 0.0455. The lowest BCUT2D eigenvalue weighted by Crippen LogP contribution is -2.11. The molecule has 0 unspecified atom stereocenters. The Balaban J connectivity index is 1.53. The summed E-state index contributed by atoms with van der Waals surface area (Å²) in [5, 5.41) is 3.60. The Labute approximate surface area is 169 Å². The van der Waals surface area contributed by atoms with E-state index < -0.39 is 0 Å². The van der Waals surface area contributed by atoms with Crippen molar-refractivity contribution in [1.29, 1.82) is 0 Å². The van der Waals surface area contributed by atoms with E-state index >= 15 is 0 Å². The Morgan fingerprint density at radius 3 is 2.69 bits per heavy atom. The summed E-state index contributed by atoms with van der Waals surface area (Å²) in [6, 6.07) is 18.6. The number of benzene rings is 2. The lowest BCUT2D eigenvalue weighted by atomic mass is 10.1. The molecule has 0 radical (unpaired) electrons. The zero-order valence-electron chi connectivity index (χ0n) is 15.4. The van der Waals surface area contributed by atoms with E-state index in [1.165, 1.54) is 11.3 Å². The second kappa shape index (κ2) is 7.03. The van der Waals surface area contributed by atoms with Crippen LogP contribution in [0, 0.1) is 6.92 Å². The molecule has 2 aromatic carbocycles. The van der Waals surface area contributed by atoms with Gasteiger partial charge >= 0.3 is 0 Å². The van der Waals surface area contributed by atoms with Crippen molar-refractivity contribution in [1.82, 2.24) is 9.97 Å².